The molecule has 0 bridgehead atoms. The summed E-state index contributed by atoms with van der Waals surface area (Å²) in [6, 6.07) is 14.6. The molecule has 0 saturated carbocycles. The lowest BCUT2D eigenvalue weighted by Gasteiger charge is -2.17. The molecule has 2 N–H and O–H groups in total. The molecule has 0 saturated heterocycles. The molecular weight excluding hydrogens is 280 g/mol. The van der Waals surface area contributed by atoms with E-state index < -0.39 is 23.1 Å². The maximum absolute atomic E-state index is 12.3. The molecule has 106 valence electrons. The van der Waals surface area contributed by atoms with Crippen molar-refractivity contribution in [2.75, 3.05) is 0 Å². The second-order valence-corrected chi connectivity index (χ2v) is 5.23. The minimum Gasteiger partial charge on any atom is -0.501 e. The molecule has 4 nitrogen and oxygen atoms in total. The van der Waals surface area contributed by atoms with Gasteiger partial charge in [0.05, 0.1) is 0 Å². The lowest BCUT2D eigenvalue weighted by molar-refractivity contribution is 0.0882. The van der Waals surface area contributed by atoms with Crippen molar-refractivity contribution in [2.45, 2.75) is 0 Å². The molecule has 0 amide bonds. The first-order valence-electron chi connectivity index (χ1n) is 6.75. The van der Waals surface area contributed by atoms with E-state index in [1.54, 1.807) is 12.1 Å². The van der Waals surface area contributed by atoms with Crippen molar-refractivity contribution in [1.82, 2.24) is 0 Å². The fourth-order valence-corrected chi connectivity index (χ4v) is 2.98. The van der Waals surface area contributed by atoms with Gasteiger partial charge in [-0.15, -0.1) is 0 Å². The standard InChI is InChI=1S/C18H10O4/c19-15-13-8-7-11-10-4-2-1-3-9(10)5-6-12(11)14(13)16(20)18(22)17(15)21/h1-8,21-22H. The minimum absolute atomic E-state index is 0.114. The van der Waals surface area contributed by atoms with Crippen LogP contribution in [0.4, 0.5) is 0 Å². The Balaban J connectivity index is 2.18. The van der Waals surface area contributed by atoms with Crippen LogP contribution in [0.1, 0.15) is 20.7 Å². The summed E-state index contributed by atoms with van der Waals surface area (Å²) in [4.78, 5) is 24.4. The second kappa shape index (κ2) is 4.18. The zero-order valence-electron chi connectivity index (χ0n) is 11.3. The first kappa shape index (κ1) is 12.6. The normalized spacial score (nSPS) is 14.7. The lowest BCUT2D eigenvalue weighted by Crippen LogP contribution is -2.22. The summed E-state index contributed by atoms with van der Waals surface area (Å²) in [6.07, 6.45) is 0. The number of hydrogen-bond acceptors (Lipinski definition) is 4. The summed E-state index contributed by atoms with van der Waals surface area (Å²) >= 11 is 0. The highest BCUT2D eigenvalue weighted by Gasteiger charge is 2.33. The number of benzene rings is 3. The quantitative estimate of drug-likeness (QED) is 0.619. The Hall–Kier alpha value is -3.14. The minimum atomic E-state index is -0.891. The Morgan fingerprint density at radius 2 is 1.32 bits per heavy atom. The van der Waals surface area contributed by atoms with Crippen molar-refractivity contribution >= 4 is 33.1 Å². The van der Waals surface area contributed by atoms with Gasteiger partial charge in [0, 0.05) is 11.1 Å². The Morgan fingerprint density at radius 3 is 2.14 bits per heavy atom. The number of carbonyl (C=O) groups is 2. The van der Waals surface area contributed by atoms with E-state index in [9.17, 15) is 19.8 Å². The van der Waals surface area contributed by atoms with Gasteiger partial charge in [-0.25, -0.2) is 0 Å². The van der Waals surface area contributed by atoms with E-state index in [1.165, 1.54) is 6.07 Å². The molecule has 1 aliphatic carbocycles. The van der Waals surface area contributed by atoms with Gasteiger partial charge < -0.3 is 10.2 Å². The molecule has 4 heteroatoms. The monoisotopic (exact) mass is 290 g/mol. The second-order valence-electron chi connectivity index (χ2n) is 5.23. The van der Waals surface area contributed by atoms with Crippen molar-refractivity contribution < 1.29 is 19.8 Å². The summed E-state index contributed by atoms with van der Waals surface area (Å²) in [6.45, 7) is 0. The summed E-state index contributed by atoms with van der Waals surface area (Å²) in [5.41, 5.74) is 0.256. The van der Waals surface area contributed by atoms with Crippen LogP contribution in [0.5, 0.6) is 0 Å². The van der Waals surface area contributed by atoms with E-state index in [4.69, 9.17) is 0 Å². The molecule has 0 fully saturated rings. The third kappa shape index (κ3) is 1.46. The van der Waals surface area contributed by atoms with Crippen molar-refractivity contribution in [1.29, 1.82) is 0 Å². The van der Waals surface area contributed by atoms with Crippen LogP contribution in [0.25, 0.3) is 21.5 Å². The van der Waals surface area contributed by atoms with Gasteiger partial charge in [-0.1, -0.05) is 42.5 Å². The number of aliphatic hydroxyl groups excluding tert-OH is 2. The largest absolute Gasteiger partial charge is 0.501 e. The zero-order chi connectivity index (χ0) is 15.4. The van der Waals surface area contributed by atoms with Crippen molar-refractivity contribution in [2.24, 2.45) is 0 Å². The predicted octanol–water partition coefficient (Wildman–Crippen LogP) is 3.70. The summed E-state index contributed by atoms with van der Waals surface area (Å²) in [5, 5.41) is 22.7. The molecule has 1 aliphatic rings. The number of carbonyl (C=O) groups excluding carboxylic acids is 2. The molecule has 22 heavy (non-hydrogen) atoms. The summed E-state index contributed by atoms with van der Waals surface area (Å²) < 4.78 is 0. The highest BCUT2D eigenvalue weighted by Crippen LogP contribution is 2.34. The van der Waals surface area contributed by atoms with E-state index in [2.05, 4.69) is 0 Å². The van der Waals surface area contributed by atoms with Gasteiger partial charge in [-0.05, 0) is 27.6 Å². The van der Waals surface area contributed by atoms with Crippen LogP contribution in [0.15, 0.2) is 60.0 Å². The van der Waals surface area contributed by atoms with Gasteiger partial charge in [0.15, 0.2) is 0 Å². The van der Waals surface area contributed by atoms with Crippen LogP contribution in [-0.2, 0) is 0 Å². The number of aliphatic hydroxyl groups is 2. The zero-order valence-corrected chi connectivity index (χ0v) is 11.3. The van der Waals surface area contributed by atoms with Crippen molar-refractivity contribution in [3.05, 3.63) is 71.2 Å². The number of hydrogen-bond donors (Lipinski definition) is 2. The Morgan fingerprint density at radius 1 is 0.636 bits per heavy atom. The van der Waals surface area contributed by atoms with Crippen LogP contribution >= 0.6 is 0 Å². The maximum atomic E-state index is 12.3. The Bertz CT molecular complexity index is 1030. The number of Topliss-reactive ketones (excluding diaryl/α,β-unsaturated/α-hetero) is 2. The van der Waals surface area contributed by atoms with E-state index >= 15 is 0 Å². The molecule has 0 unspecified atom stereocenters. The molecule has 4 rings (SSSR count). The number of rotatable bonds is 0. The van der Waals surface area contributed by atoms with Gasteiger partial charge in [-0.2, -0.15) is 0 Å². The van der Waals surface area contributed by atoms with Gasteiger partial charge in [-0.3, -0.25) is 9.59 Å². The number of allylic oxidation sites excluding steroid dienone is 2. The molecular formula is C18H10O4. The van der Waals surface area contributed by atoms with Crippen molar-refractivity contribution in [3.8, 4) is 0 Å². The number of fused-ring (bicyclic) bond motifs is 5. The molecule has 0 atom stereocenters. The fourth-order valence-electron chi connectivity index (χ4n) is 2.98. The SMILES string of the molecule is O=C1C(O)=C(O)C(=O)c2c1ccc1c2ccc2ccccc21. The van der Waals surface area contributed by atoms with Crippen LogP contribution in [0.2, 0.25) is 0 Å². The van der Waals surface area contributed by atoms with E-state index in [-0.39, 0.29) is 11.1 Å². The molecule has 0 heterocycles. The van der Waals surface area contributed by atoms with Gasteiger partial charge in [0.2, 0.25) is 23.1 Å². The fraction of sp³-hybridized carbons (Fsp3) is 0. The molecule has 0 spiro atoms. The third-order valence-electron chi connectivity index (χ3n) is 4.05. The van der Waals surface area contributed by atoms with Gasteiger partial charge in [0.25, 0.3) is 0 Å². The summed E-state index contributed by atoms with van der Waals surface area (Å²) in [7, 11) is 0. The molecule has 0 aliphatic heterocycles. The lowest BCUT2D eigenvalue weighted by atomic mass is 9.87. The van der Waals surface area contributed by atoms with Crippen molar-refractivity contribution in [3.63, 3.8) is 0 Å². The van der Waals surface area contributed by atoms with Gasteiger partial charge in [0.1, 0.15) is 0 Å². The first-order valence-corrected chi connectivity index (χ1v) is 6.75. The molecule has 3 aromatic carbocycles. The first-order chi connectivity index (χ1) is 10.6. The van der Waals surface area contributed by atoms with E-state index in [0.717, 1.165) is 16.2 Å². The smallest absolute Gasteiger partial charge is 0.232 e. The van der Waals surface area contributed by atoms with Crippen LogP contribution in [0, 0.1) is 0 Å². The predicted molar refractivity (Wildman–Crippen MR) is 82.4 cm³/mol. The van der Waals surface area contributed by atoms with Crippen LogP contribution < -0.4 is 0 Å². The van der Waals surface area contributed by atoms with E-state index in [1.807, 2.05) is 30.3 Å². The highest BCUT2D eigenvalue weighted by atomic mass is 16.3. The third-order valence-corrected chi connectivity index (χ3v) is 4.05. The van der Waals surface area contributed by atoms with Gasteiger partial charge >= 0.3 is 0 Å². The van der Waals surface area contributed by atoms with Crippen LogP contribution in [0.3, 0.4) is 0 Å². The van der Waals surface area contributed by atoms with E-state index in [0.29, 0.717) is 5.39 Å². The topological polar surface area (TPSA) is 74.6 Å². The molecule has 0 radical (unpaired) electrons. The van der Waals surface area contributed by atoms with Crippen LogP contribution in [-0.4, -0.2) is 21.8 Å². The molecule has 0 aromatic heterocycles. The highest BCUT2D eigenvalue weighted by molar-refractivity contribution is 6.30. The maximum Gasteiger partial charge on any atom is 0.232 e. The Kier molecular flexibility index (Phi) is 2.39. The average molecular weight is 290 g/mol. The Labute approximate surface area is 124 Å². The summed E-state index contributed by atoms with van der Waals surface area (Å²) in [5.74, 6) is -3.24. The number of ketones is 2. The average Bonchev–Trinajstić information content (AvgIpc) is 2.56. The molecule has 3 aromatic rings.